The lowest BCUT2D eigenvalue weighted by Crippen LogP contribution is -2.24. The lowest BCUT2D eigenvalue weighted by molar-refractivity contribution is -0.138. The van der Waals surface area contributed by atoms with Crippen molar-refractivity contribution >= 4 is 11.9 Å². The molecule has 0 atom stereocenters. The molecule has 2 rings (SSSR count). The molecule has 0 spiro atoms. The number of carbonyl (C=O) groups is 2. The van der Waals surface area contributed by atoms with Crippen LogP contribution >= 0.6 is 0 Å². The summed E-state index contributed by atoms with van der Waals surface area (Å²) in [5.41, 5.74) is 7.58. The second-order valence-electron chi connectivity index (χ2n) is 5.16. The van der Waals surface area contributed by atoms with E-state index in [9.17, 15) is 9.59 Å². The van der Waals surface area contributed by atoms with E-state index in [1.807, 2.05) is 60.7 Å². The molecule has 0 aromatic heterocycles. The summed E-state index contributed by atoms with van der Waals surface area (Å²) in [6, 6.07) is 19.6. The molecule has 146 valence electrons. The van der Waals surface area contributed by atoms with Crippen LogP contribution in [0.15, 0.2) is 60.7 Å². The lowest BCUT2D eigenvalue weighted by atomic mass is 10.2. The zero-order valence-corrected chi connectivity index (χ0v) is 15.8. The molecule has 1 amide bonds. The Morgan fingerprint density at radius 2 is 1.43 bits per heavy atom. The third kappa shape index (κ3) is 13.6. The highest BCUT2D eigenvalue weighted by atomic mass is 16.5. The van der Waals surface area contributed by atoms with Gasteiger partial charge >= 0.3 is 12.5 Å². The van der Waals surface area contributed by atoms with Gasteiger partial charge in [0.05, 0.1) is 7.11 Å². The number of esters is 1. The van der Waals surface area contributed by atoms with Crippen molar-refractivity contribution in [3.05, 3.63) is 94.6 Å². The van der Waals surface area contributed by atoms with Crippen LogP contribution in [0.5, 0.6) is 0 Å². The van der Waals surface area contributed by atoms with Crippen molar-refractivity contribution < 1.29 is 14.3 Å². The van der Waals surface area contributed by atoms with Crippen LogP contribution in [0.4, 0.5) is 0 Å². The summed E-state index contributed by atoms with van der Waals surface area (Å²) in [4.78, 5) is 26.6. The van der Waals surface area contributed by atoms with E-state index in [1.165, 1.54) is 12.7 Å². The van der Waals surface area contributed by atoms with E-state index in [0.29, 0.717) is 13.1 Å². The number of ether oxygens (including phenoxy) is 1. The first-order chi connectivity index (χ1) is 13.6. The molecule has 0 heterocycles. The Morgan fingerprint density at radius 3 is 1.79 bits per heavy atom. The Morgan fingerprint density at radius 1 is 0.929 bits per heavy atom. The monoisotopic (exact) mass is 380 g/mol. The minimum atomic E-state index is -0.477. The van der Waals surface area contributed by atoms with Gasteiger partial charge in [0.25, 0.3) is 12.5 Å². The minimum Gasteiger partial charge on any atom is -0.464 e. The first kappa shape index (κ1) is 24.3. The molecule has 0 fully saturated rings. The summed E-state index contributed by atoms with van der Waals surface area (Å²) >= 11 is 0. The van der Waals surface area contributed by atoms with Gasteiger partial charge in [0.15, 0.2) is 0 Å². The standard InChI is InChI=1S/C10H10N2O.C7H9N.C4H5NO2/c1-11-8-10(13)12-7-9-5-3-2-4-6-9;8-6-7-4-2-1-3-5-7;1-5-3-4(6)7-2/h2-6H,7-8H2,(H,12,13);1-5H,6,8H2;3H2,2H3. The molecule has 2 aromatic rings. The summed E-state index contributed by atoms with van der Waals surface area (Å²) < 4.78 is 4.14. The molecule has 3 N–H and O–H groups in total. The Bertz CT molecular complexity index is 766. The molecule has 2 aromatic carbocycles. The number of carbonyl (C=O) groups excluding carboxylic acids is 2. The van der Waals surface area contributed by atoms with E-state index >= 15 is 0 Å². The van der Waals surface area contributed by atoms with Crippen molar-refractivity contribution in [1.82, 2.24) is 5.32 Å². The molecule has 0 radical (unpaired) electrons. The number of hydrogen-bond donors (Lipinski definition) is 2. The van der Waals surface area contributed by atoms with Gasteiger partial charge in [0.1, 0.15) is 0 Å². The fraction of sp³-hybridized carbons (Fsp3) is 0.238. The number of nitrogens with zero attached hydrogens (tertiary/aromatic N) is 2. The van der Waals surface area contributed by atoms with Crippen LogP contribution in [0.1, 0.15) is 11.1 Å². The molecular weight excluding hydrogens is 356 g/mol. The molecule has 7 nitrogen and oxygen atoms in total. The first-order valence-electron chi connectivity index (χ1n) is 8.35. The van der Waals surface area contributed by atoms with Crippen molar-refractivity contribution in [3.63, 3.8) is 0 Å². The Kier molecular flexibility index (Phi) is 14.6. The van der Waals surface area contributed by atoms with Crippen LogP contribution in [0.25, 0.3) is 9.69 Å². The molecule has 0 saturated heterocycles. The fourth-order valence-corrected chi connectivity index (χ4v) is 1.67. The number of hydrogen-bond acceptors (Lipinski definition) is 4. The molecule has 0 aliphatic rings. The maximum absolute atomic E-state index is 10.9. The average Bonchev–Trinajstić information content (AvgIpc) is 2.75. The van der Waals surface area contributed by atoms with Gasteiger partial charge in [-0.1, -0.05) is 60.7 Å². The van der Waals surface area contributed by atoms with E-state index < -0.39 is 5.97 Å². The van der Waals surface area contributed by atoms with Gasteiger partial charge in [-0.25, -0.2) is 17.9 Å². The topological polar surface area (TPSA) is 90.1 Å². The van der Waals surface area contributed by atoms with Gasteiger partial charge in [-0.05, 0) is 11.1 Å². The van der Waals surface area contributed by atoms with Crippen LogP contribution < -0.4 is 11.1 Å². The van der Waals surface area contributed by atoms with E-state index in [1.54, 1.807) is 0 Å². The molecular formula is C21H24N4O3. The van der Waals surface area contributed by atoms with Gasteiger partial charge < -0.3 is 25.5 Å². The van der Waals surface area contributed by atoms with E-state index in [2.05, 4.69) is 19.7 Å². The second-order valence-corrected chi connectivity index (χ2v) is 5.16. The second kappa shape index (κ2) is 16.8. The SMILES string of the molecule is NCc1ccccc1.[C-]#[N+]CC(=O)NCc1ccccc1.[C-]#[N+]CC(=O)OC. The van der Waals surface area contributed by atoms with Gasteiger partial charge in [-0.2, -0.15) is 0 Å². The highest BCUT2D eigenvalue weighted by Crippen LogP contribution is 1.96. The quantitative estimate of drug-likeness (QED) is 0.616. The predicted molar refractivity (Wildman–Crippen MR) is 108 cm³/mol. The third-order valence-electron chi connectivity index (χ3n) is 3.07. The zero-order valence-electron chi connectivity index (χ0n) is 15.8. The Balaban J connectivity index is 0.000000419. The van der Waals surface area contributed by atoms with Crippen molar-refractivity contribution in [1.29, 1.82) is 0 Å². The van der Waals surface area contributed by atoms with Crippen LogP contribution in [0.2, 0.25) is 0 Å². The molecule has 28 heavy (non-hydrogen) atoms. The number of methoxy groups -OCH3 is 1. The van der Waals surface area contributed by atoms with E-state index in [-0.39, 0.29) is 19.0 Å². The number of nitrogens with two attached hydrogens (primary N) is 1. The van der Waals surface area contributed by atoms with Crippen LogP contribution in [-0.4, -0.2) is 32.1 Å². The number of nitrogens with one attached hydrogen (secondary N) is 1. The van der Waals surface area contributed by atoms with Gasteiger partial charge in [0.2, 0.25) is 0 Å². The Labute approximate surface area is 165 Å². The van der Waals surface area contributed by atoms with Crippen LogP contribution in [0, 0.1) is 13.1 Å². The van der Waals surface area contributed by atoms with E-state index in [4.69, 9.17) is 18.9 Å². The van der Waals surface area contributed by atoms with Crippen molar-refractivity contribution in [3.8, 4) is 0 Å². The van der Waals surface area contributed by atoms with Gasteiger partial charge in [-0.15, -0.1) is 0 Å². The highest BCUT2D eigenvalue weighted by molar-refractivity contribution is 5.79. The first-order valence-corrected chi connectivity index (χ1v) is 8.35. The van der Waals surface area contributed by atoms with Gasteiger partial charge in [0, 0.05) is 13.1 Å². The summed E-state index contributed by atoms with van der Waals surface area (Å²) in [5.74, 6) is -0.700. The average molecular weight is 380 g/mol. The molecule has 0 aliphatic carbocycles. The maximum Gasteiger partial charge on any atom is 0.386 e. The summed E-state index contributed by atoms with van der Waals surface area (Å²) in [6.07, 6.45) is 0. The van der Waals surface area contributed by atoms with Gasteiger partial charge in [-0.3, -0.25) is 4.79 Å². The summed E-state index contributed by atoms with van der Waals surface area (Å²) in [6.45, 7) is 13.5. The molecule has 0 saturated carbocycles. The minimum absolute atomic E-state index is 0.0904. The summed E-state index contributed by atoms with van der Waals surface area (Å²) in [7, 11) is 1.26. The largest absolute Gasteiger partial charge is 0.464 e. The lowest BCUT2D eigenvalue weighted by Gasteiger charge is -2.00. The fourth-order valence-electron chi connectivity index (χ4n) is 1.67. The number of rotatable bonds is 5. The molecule has 7 heteroatoms. The molecule has 0 bridgehead atoms. The zero-order chi connectivity index (χ0) is 21.0. The highest BCUT2D eigenvalue weighted by Gasteiger charge is 2.01. The van der Waals surface area contributed by atoms with Crippen LogP contribution in [0.3, 0.4) is 0 Å². The third-order valence-corrected chi connectivity index (χ3v) is 3.07. The Hall–Kier alpha value is -3.68. The normalized spacial score (nSPS) is 8.43. The molecule has 0 aliphatic heterocycles. The smallest absolute Gasteiger partial charge is 0.386 e. The summed E-state index contributed by atoms with van der Waals surface area (Å²) in [5, 5.41) is 2.65. The van der Waals surface area contributed by atoms with Crippen molar-refractivity contribution in [2.75, 3.05) is 20.2 Å². The predicted octanol–water partition coefficient (Wildman–Crippen LogP) is 2.45. The van der Waals surface area contributed by atoms with Crippen molar-refractivity contribution in [2.45, 2.75) is 13.1 Å². The van der Waals surface area contributed by atoms with Crippen molar-refractivity contribution in [2.24, 2.45) is 5.73 Å². The molecule has 0 unspecified atom stereocenters. The van der Waals surface area contributed by atoms with E-state index in [0.717, 1.165) is 5.56 Å². The number of benzene rings is 2. The van der Waals surface area contributed by atoms with Crippen LogP contribution in [-0.2, 0) is 27.4 Å². The number of amides is 1. The maximum atomic E-state index is 10.9.